The molecule has 0 aliphatic carbocycles. The number of rotatable bonds is 6. The van der Waals surface area contributed by atoms with E-state index in [1.165, 1.54) is 24.3 Å². The summed E-state index contributed by atoms with van der Waals surface area (Å²) in [7, 11) is 0. The van der Waals surface area contributed by atoms with Crippen LogP contribution in [0.5, 0.6) is 0 Å². The van der Waals surface area contributed by atoms with E-state index in [0.717, 1.165) is 10.6 Å². The molecule has 30 heavy (non-hydrogen) atoms. The molecule has 0 radical (unpaired) electrons. The Bertz CT molecular complexity index is 926. The van der Waals surface area contributed by atoms with Gasteiger partial charge in [-0.05, 0) is 60.7 Å². The van der Waals surface area contributed by atoms with Crippen LogP contribution in [0.25, 0.3) is 0 Å². The van der Waals surface area contributed by atoms with Crippen molar-refractivity contribution in [2.24, 2.45) is 5.92 Å². The molecule has 1 saturated heterocycles. The van der Waals surface area contributed by atoms with Gasteiger partial charge in [-0.15, -0.1) is 11.3 Å². The molecular formula is C23H23FN2O3S. The monoisotopic (exact) mass is 426 g/mol. The highest BCUT2D eigenvalue weighted by Crippen LogP contribution is 2.24. The van der Waals surface area contributed by atoms with E-state index in [-0.39, 0.29) is 23.5 Å². The highest BCUT2D eigenvalue weighted by molar-refractivity contribution is 7.09. The van der Waals surface area contributed by atoms with Crippen LogP contribution in [0, 0.1) is 11.7 Å². The number of thiophene rings is 1. The lowest BCUT2D eigenvalue weighted by Crippen LogP contribution is -2.44. The molecule has 4 rings (SSSR count). The van der Waals surface area contributed by atoms with Gasteiger partial charge in [0, 0.05) is 29.4 Å². The number of carbonyl (C=O) groups is 2. The Labute approximate surface area is 178 Å². The lowest BCUT2D eigenvalue weighted by atomic mass is 9.94. The van der Waals surface area contributed by atoms with E-state index in [1.54, 1.807) is 22.5 Å². The first-order valence-corrected chi connectivity index (χ1v) is 10.9. The van der Waals surface area contributed by atoms with Crippen LogP contribution in [-0.2, 0) is 17.9 Å². The summed E-state index contributed by atoms with van der Waals surface area (Å²) < 4.78 is 18.6. The fourth-order valence-electron chi connectivity index (χ4n) is 3.76. The van der Waals surface area contributed by atoms with Crippen molar-refractivity contribution < 1.29 is 18.4 Å². The molecule has 2 aromatic heterocycles. The van der Waals surface area contributed by atoms with Crippen molar-refractivity contribution in [2.45, 2.75) is 25.9 Å². The van der Waals surface area contributed by atoms with Gasteiger partial charge in [0.25, 0.3) is 5.91 Å². The molecule has 1 fully saturated rings. The van der Waals surface area contributed by atoms with Gasteiger partial charge >= 0.3 is 0 Å². The Morgan fingerprint density at radius 1 is 1.07 bits per heavy atom. The average Bonchev–Trinajstić information content (AvgIpc) is 3.47. The molecule has 5 nitrogen and oxygen atoms in total. The van der Waals surface area contributed by atoms with Crippen molar-refractivity contribution in [1.82, 2.24) is 9.80 Å². The SMILES string of the molecule is O=C(c1ccc(F)cc1)N1CCC(C(=O)N(Cc2ccco2)Cc2cccs2)CC1. The molecule has 0 unspecified atom stereocenters. The van der Waals surface area contributed by atoms with Crippen molar-refractivity contribution in [1.29, 1.82) is 0 Å². The van der Waals surface area contributed by atoms with E-state index in [4.69, 9.17) is 4.42 Å². The second-order valence-corrected chi connectivity index (χ2v) is 8.46. The van der Waals surface area contributed by atoms with Gasteiger partial charge in [0.1, 0.15) is 11.6 Å². The van der Waals surface area contributed by atoms with E-state index in [2.05, 4.69) is 0 Å². The Morgan fingerprint density at radius 3 is 2.47 bits per heavy atom. The van der Waals surface area contributed by atoms with Crippen molar-refractivity contribution in [3.63, 3.8) is 0 Å². The zero-order valence-corrected chi connectivity index (χ0v) is 17.3. The number of likely N-dealkylation sites (tertiary alicyclic amines) is 1. The van der Waals surface area contributed by atoms with Crippen molar-refractivity contribution >= 4 is 23.2 Å². The maximum absolute atomic E-state index is 13.3. The topological polar surface area (TPSA) is 53.8 Å². The molecule has 2 amide bonds. The normalized spacial score (nSPS) is 14.6. The van der Waals surface area contributed by atoms with Crippen molar-refractivity contribution in [3.05, 3.63) is 82.2 Å². The summed E-state index contributed by atoms with van der Waals surface area (Å²) in [4.78, 5) is 30.6. The first-order valence-electron chi connectivity index (χ1n) is 9.98. The summed E-state index contributed by atoms with van der Waals surface area (Å²) >= 11 is 1.63. The quantitative estimate of drug-likeness (QED) is 0.581. The predicted molar refractivity (Wildman–Crippen MR) is 112 cm³/mol. The standard InChI is InChI=1S/C23H23FN2O3S/c24-19-7-5-17(6-8-19)22(27)25-11-9-18(10-12-25)23(28)26(15-20-3-1-13-29-20)16-21-4-2-14-30-21/h1-8,13-14,18H,9-12,15-16H2. The van der Waals surface area contributed by atoms with Crippen molar-refractivity contribution in [3.8, 4) is 0 Å². The molecule has 3 aromatic rings. The third-order valence-corrected chi connectivity index (χ3v) is 6.25. The van der Waals surface area contributed by atoms with E-state index in [1.807, 2.05) is 34.5 Å². The van der Waals surface area contributed by atoms with Crippen LogP contribution in [-0.4, -0.2) is 34.7 Å². The summed E-state index contributed by atoms with van der Waals surface area (Å²) in [5, 5.41) is 2.00. The summed E-state index contributed by atoms with van der Waals surface area (Å²) in [6.45, 7) is 2.00. The maximum Gasteiger partial charge on any atom is 0.253 e. The number of piperidine rings is 1. The smallest absolute Gasteiger partial charge is 0.253 e. The summed E-state index contributed by atoms with van der Waals surface area (Å²) in [5.74, 6) is 0.236. The molecular weight excluding hydrogens is 403 g/mol. The van der Waals surface area contributed by atoms with Crippen LogP contribution in [0.15, 0.2) is 64.6 Å². The minimum Gasteiger partial charge on any atom is -0.467 e. The molecule has 1 aliphatic heterocycles. The predicted octanol–water partition coefficient (Wildman–Crippen LogP) is 4.56. The molecule has 0 bridgehead atoms. The van der Waals surface area contributed by atoms with Crippen LogP contribution in [0.2, 0.25) is 0 Å². The average molecular weight is 427 g/mol. The Morgan fingerprint density at radius 2 is 1.83 bits per heavy atom. The molecule has 1 aliphatic rings. The van der Waals surface area contributed by atoms with Crippen molar-refractivity contribution in [2.75, 3.05) is 13.1 Å². The maximum atomic E-state index is 13.3. The second-order valence-electron chi connectivity index (χ2n) is 7.43. The van der Waals surface area contributed by atoms with Crippen LogP contribution in [0.4, 0.5) is 4.39 Å². The fourth-order valence-corrected chi connectivity index (χ4v) is 4.48. The first-order chi connectivity index (χ1) is 14.6. The van der Waals surface area contributed by atoms with Crippen LogP contribution in [0.1, 0.15) is 33.8 Å². The van der Waals surface area contributed by atoms with Crippen LogP contribution >= 0.6 is 11.3 Å². The van der Waals surface area contributed by atoms with E-state index in [0.29, 0.717) is 44.6 Å². The molecule has 7 heteroatoms. The highest BCUT2D eigenvalue weighted by atomic mass is 32.1. The zero-order chi connectivity index (χ0) is 20.9. The third-order valence-electron chi connectivity index (χ3n) is 5.39. The van der Waals surface area contributed by atoms with Gasteiger partial charge in [0.2, 0.25) is 5.91 Å². The van der Waals surface area contributed by atoms with Gasteiger partial charge in [-0.2, -0.15) is 0 Å². The number of carbonyl (C=O) groups excluding carboxylic acids is 2. The lowest BCUT2D eigenvalue weighted by Gasteiger charge is -2.34. The second kappa shape index (κ2) is 9.26. The van der Waals surface area contributed by atoms with Gasteiger partial charge in [0.05, 0.1) is 19.4 Å². The number of nitrogens with zero attached hydrogens (tertiary/aromatic N) is 2. The highest BCUT2D eigenvalue weighted by Gasteiger charge is 2.31. The van der Waals surface area contributed by atoms with Gasteiger partial charge in [-0.25, -0.2) is 4.39 Å². The number of amides is 2. The van der Waals surface area contributed by atoms with Crippen LogP contribution in [0.3, 0.4) is 0 Å². The van der Waals surface area contributed by atoms with E-state index in [9.17, 15) is 14.0 Å². The number of hydrogen-bond acceptors (Lipinski definition) is 4. The van der Waals surface area contributed by atoms with Gasteiger partial charge in [-0.1, -0.05) is 6.07 Å². The van der Waals surface area contributed by atoms with Gasteiger partial charge in [-0.3, -0.25) is 9.59 Å². The Kier molecular flexibility index (Phi) is 6.28. The molecule has 0 spiro atoms. The minimum absolute atomic E-state index is 0.0914. The number of benzene rings is 1. The summed E-state index contributed by atoms with van der Waals surface area (Å²) in [5.41, 5.74) is 0.471. The number of halogens is 1. The Balaban J connectivity index is 1.39. The van der Waals surface area contributed by atoms with E-state index < -0.39 is 0 Å². The molecule has 0 saturated carbocycles. The van der Waals surface area contributed by atoms with Crippen LogP contribution < -0.4 is 0 Å². The van der Waals surface area contributed by atoms with Gasteiger partial charge in [0.15, 0.2) is 0 Å². The summed E-state index contributed by atoms with van der Waals surface area (Å²) in [6, 6.07) is 13.3. The largest absolute Gasteiger partial charge is 0.467 e. The van der Waals surface area contributed by atoms with Gasteiger partial charge < -0.3 is 14.2 Å². The first kappa shape index (κ1) is 20.3. The Hall–Kier alpha value is -2.93. The number of furan rings is 1. The molecule has 0 N–H and O–H groups in total. The molecule has 3 heterocycles. The minimum atomic E-state index is -0.363. The summed E-state index contributed by atoms with van der Waals surface area (Å²) in [6.07, 6.45) is 2.85. The van der Waals surface area contributed by atoms with E-state index >= 15 is 0 Å². The third kappa shape index (κ3) is 4.79. The molecule has 1 aromatic carbocycles. The zero-order valence-electron chi connectivity index (χ0n) is 16.5. The fraction of sp³-hybridized carbons (Fsp3) is 0.304. The molecule has 0 atom stereocenters. The molecule has 156 valence electrons. The number of hydrogen-bond donors (Lipinski definition) is 0. The lowest BCUT2D eigenvalue weighted by molar-refractivity contribution is -0.138.